The van der Waals surface area contributed by atoms with E-state index in [1.807, 2.05) is 30.5 Å². The number of carbonyl (C=O) groups is 1. The molecule has 4 nitrogen and oxygen atoms in total. The number of carbonyl (C=O) groups excluding carboxylic acids is 1. The van der Waals surface area contributed by atoms with E-state index in [-0.39, 0.29) is 5.78 Å². The fourth-order valence-corrected chi connectivity index (χ4v) is 3.82. The van der Waals surface area contributed by atoms with Gasteiger partial charge in [-0.1, -0.05) is 43.5 Å². The van der Waals surface area contributed by atoms with Crippen LogP contribution in [-0.4, -0.2) is 21.8 Å². The van der Waals surface area contributed by atoms with E-state index in [2.05, 4.69) is 29.4 Å². The number of aromatic nitrogens is 2. The van der Waals surface area contributed by atoms with Gasteiger partial charge in [-0.3, -0.25) is 4.79 Å². The highest BCUT2D eigenvalue weighted by molar-refractivity contribution is 5.95. The molecule has 1 N–H and O–H groups in total. The topological polar surface area (TPSA) is 54.9 Å². The SMILES string of the molecule is CC(=O)c1ccc(-c2cc(NC3CCCCC3)c3cc(C)cnc3n2)cc1. The number of Topliss-reactive ketones (excluding diaryl/α,β-unsaturated/α-hetero) is 1. The molecule has 0 aliphatic heterocycles. The smallest absolute Gasteiger partial charge is 0.161 e. The second kappa shape index (κ2) is 7.47. The van der Waals surface area contributed by atoms with E-state index < -0.39 is 0 Å². The Morgan fingerprint density at radius 2 is 1.81 bits per heavy atom. The number of anilines is 1. The average Bonchev–Trinajstić information content (AvgIpc) is 2.69. The molecule has 4 heteroatoms. The zero-order valence-corrected chi connectivity index (χ0v) is 16.0. The van der Waals surface area contributed by atoms with E-state index in [0.29, 0.717) is 11.6 Å². The van der Waals surface area contributed by atoms with E-state index in [9.17, 15) is 4.79 Å². The highest BCUT2D eigenvalue weighted by Gasteiger charge is 2.16. The number of hydrogen-bond acceptors (Lipinski definition) is 4. The van der Waals surface area contributed by atoms with Gasteiger partial charge in [0.25, 0.3) is 0 Å². The molecule has 0 spiro atoms. The van der Waals surface area contributed by atoms with Crippen LogP contribution < -0.4 is 5.32 Å². The third kappa shape index (κ3) is 3.85. The number of fused-ring (bicyclic) bond motifs is 1. The number of aryl methyl sites for hydroxylation is 1. The lowest BCUT2D eigenvalue weighted by Gasteiger charge is -2.25. The molecule has 0 radical (unpaired) electrons. The van der Waals surface area contributed by atoms with Crippen molar-refractivity contribution < 1.29 is 4.79 Å². The monoisotopic (exact) mass is 359 g/mol. The lowest BCUT2D eigenvalue weighted by Crippen LogP contribution is -2.22. The van der Waals surface area contributed by atoms with Gasteiger partial charge in [0.05, 0.1) is 5.69 Å². The number of pyridine rings is 2. The maximum absolute atomic E-state index is 11.5. The molecule has 1 aromatic carbocycles. The second-order valence-electron chi connectivity index (χ2n) is 7.55. The summed E-state index contributed by atoms with van der Waals surface area (Å²) in [6.07, 6.45) is 8.21. The van der Waals surface area contributed by atoms with Crippen LogP contribution in [0.2, 0.25) is 0 Å². The highest BCUT2D eigenvalue weighted by Crippen LogP contribution is 2.31. The summed E-state index contributed by atoms with van der Waals surface area (Å²) in [5, 5.41) is 4.83. The number of ketones is 1. The van der Waals surface area contributed by atoms with Crippen molar-refractivity contribution in [2.45, 2.75) is 52.0 Å². The van der Waals surface area contributed by atoms with Crippen molar-refractivity contribution in [3.8, 4) is 11.3 Å². The predicted molar refractivity (Wildman–Crippen MR) is 110 cm³/mol. The van der Waals surface area contributed by atoms with Crippen LogP contribution >= 0.6 is 0 Å². The summed E-state index contributed by atoms with van der Waals surface area (Å²) in [5.41, 5.74) is 5.59. The second-order valence-corrected chi connectivity index (χ2v) is 7.55. The molecule has 1 fully saturated rings. The summed E-state index contributed by atoms with van der Waals surface area (Å²) in [4.78, 5) is 20.9. The van der Waals surface area contributed by atoms with Gasteiger partial charge in [-0.25, -0.2) is 9.97 Å². The minimum atomic E-state index is 0.0739. The van der Waals surface area contributed by atoms with Crippen LogP contribution in [0.4, 0.5) is 5.69 Å². The summed E-state index contributed by atoms with van der Waals surface area (Å²) in [6.45, 7) is 3.65. The fourth-order valence-electron chi connectivity index (χ4n) is 3.82. The zero-order valence-electron chi connectivity index (χ0n) is 16.0. The highest BCUT2D eigenvalue weighted by atomic mass is 16.1. The number of nitrogens with zero attached hydrogens (tertiary/aromatic N) is 2. The first-order valence-electron chi connectivity index (χ1n) is 9.75. The summed E-state index contributed by atoms with van der Waals surface area (Å²) >= 11 is 0. The molecule has 0 atom stereocenters. The number of hydrogen-bond donors (Lipinski definition) is 1. The Bertz CT molecular complexity index is 973. The molecule has 1 aliphatic rings. The van der Waals surface area contributed by atoms with Crippen molar-refractivity contribution in [2.75, 3.05) is 5.32 Å². The third-order valence-corrected chi connectivity index (χ3v) is 5.35. The van der Waals surface area contributed by atoms with E-state index in [1.54, 1.807) is 6.92 Å². The molecule has 1 aliphatic carbocycles. The summed E-state index contributed by atoms with van der Waals surface area (Å²) in [6, 6.07) is 12.4. The first-order valence-corrected chi connectivity index (χ1v) is 9.75. The van der Waals surface area contributed by atoms with Crippen molar-refractivity contribution >= 4 is 22.5 Å². The molecule has 2 heterocycles. The Kier molecular flexibility index (Phi) is 4.88. The van der Waals surface area contributed by atoms with Gasteiger partial charge in [0.15, 0.2) is 11.4 Å². The molecule has 1 saturated carbocycles. The van der Waals surface area contributed by atoms with Crippen LogP contribution in [0, 0.1) is 6.92 Å². The van der Waals surface area contributed by atoms with Crippen molar-refractivity contribution in [1.29, 1.82) is 0 Å². The van der Waals surface area contributed by atoms with Crippen molar-refractivity contribution in [3.05, 3.63) is 53.7 Å². The number of rotatable bonds is 4. The van der Waals surface area contributed by atoms with Crippen molar-refractivity contribution in [1.82, 2.24) is 9.97 Å². The predicted octanol–water partition coefficient (Wildman–Crippen LogP) is 5.55. The molecule has 0 saturated heterocycles. The number of benzene rings is 1. The van der Waals surface area contributed by atoms with Gasteiger partial charge < -0.3 is 5.32 Å². The molecule has 138 valence electrons. The molecular formula is C23H25N3O. The minimum Gasteiger partial charge on any atom is -0.382 e. The lowest BCUT2D eigenvalue weighted by molar-refractivity contribution is 0.101. The van der Waals surface area contributed by atoms with E-state index in [0.717, 1.165) is 33.5 Å². The molecule has 4 rings (SSSR count). The molecule has 0 unspecified atom stereocenters. The first-order chi connectivity index (χ1) is 13.1. The van der Waals surface area contributed by atoms with E-state index in [4.69, 9.17) is 4.98 Å². The van der Waals surface area contributed by atoms with Gasteiger partial charge in [-0.2, -0.15) is 0 Å². The van der Waals surface area contributed by atoms with Crippen LogP contribution in [-0.2, 0) is 0 Å². The molecule has 0 bridgehead atoms. The quantitative estimate of drug-likeness (QED) is 0.620. The maximum atomic E-state index is 11.5. The molecule has 27 heavy (non-hydrogen) atoms. The Hall–Kier alpha value is -2.75. The fraction of sp³-hybridized carbons (Fsp3) is 0.348. The standard InChI is InChI=1S/C23H25N3O/c1-15-12-20-22(25-19-6-4-3-5-7-19)13-21(26-23(20)24-14-15)18-10-8-17(9-11-18)16(2)27/h8-14,19H,3-7H2,1-2H3,(H,24,25,26). The van der Waals surface area contributed by atoms with Gasteiger partial charge in [0.2, 0.25) is 0 Å². The summed E-state index contributed by atoms with van der Waals surface area (Å²) in [5.74, 6) is 0.0739. The summed E-state index contributed by atoms with van der Waals surface area (Å²) in [7, 11) is 0. The Labute approximate surface area is 160 Å². The Balaban J connectivity index is 1.76. The normalized spacial score (nSPS) is 15.0. The van der Waals surface area contributed by atoms with Crippen LogP contribution in [0.5, 0.6) is 0 Å². The number of nitrogens with one attached hydrogen (secondary N) is 1. The van der Waals surface area contributed by atoms with Gasteiger partial charge >= 0.3 is 0 Å². The van der Waals surface area contributed by atoms with Crippen LogP contribution in [0.15, 0.2) is 42.6 Å². The summed E-state index contributed by atoms with van der Waals surface area (Å²) < 4.78 is 0. The first kappa shape index (κ1) is 17.7. The van der Waals surface area contributed by atoms with Gasteiger partial charge in [-0.05, 0) is 44.4 Å². The molecule has 2 aromatic heterocycles. The third-order valence-electron chi connectivity index (χ3n) is 5.35. The molecule has 3 aromatic rings. The van der Waals surface area contributed by atoms with Gasteiger partial charge in [0.1, 0.15) is 0 Å². The Morgan fingerprint density at radius 3 is 2.52 bits per heavy atom. The van der Waals surface area contributed by atoms with Crippen LogP contribution in [0.25, 0.3) is 22.3 Å². The Morgan fingerprint density at radius 1 is 1.07 bits per heavy atom. The lowest BCUT2D eigenvalue weighted by atomic mass is 9.95. The molecular weight excluding hydrogens is 334 g/mol. The molecule has 0 amide bonds. The van der Waals surface area contributed by atoms with Crippen LogP contribution in [0.1, 0.15) is 54.9 Å². The van der Waals surface area contributed by atoms with Gasteiger partial charge in [0, 0.05) is 34.4 Å². The zero-order chi connectivity index (χ0) is 18.8. The maximum Gasteiger partial charge on any atom is 0.161 e. The average molecular weight is 359 g/mol. The van der Waals surface area contributed by atoms with Gasteiger partial charge in [-0.15, -0.1) is 0 Å². The van der Waals surface area contributed by atoms with Crippen LogP contribution in [0.3, 0.4) is 0 Å². The largest absolute Gasteiger partial charge is 0.382 e. The van der Waals surface area contributed by atoms with E-state index >= 15 is 0 Å². The van der Waals surface area contributed by atoms with Crippen molar-refractivity contribution in [3.63, 3.8) is 0 Å². The van der Waals surface area contributed by atoms with Crippen molar-refractivity contribution in [2.24, 2.45) is 0 Å². The van der Waals surface area contributed by atoms with E-state index in [1.165, 1.54) is 32.1 Å². The minimum absolute atomic E-state index is 0.0739.